The molecule has 1 aromatic heterocycles. The number of amides is 1. The van der Waals surface area contributed by atoms with E-state index in [2.05, 4.69) is 15.6 Å². The van der Waals surface area contributed by atoms with Crippen molar-refractivity contribution in [3.63, 3.8) is 0 Å². The largest absolute Gasteiger partial charge is 0.378 e. The first kappa shape index (κ1) is 14.8. The van der Waals surface area contributed by atoms with Crippen LogP contribution in [0.1, 0.15) is 42.7 Å². The summed E-state index contributed by atoms with van der Waals surface area (Å²) in [6.07, 6.45) is 2.77. The van der Waals surface area contributed by atoms with E-state index in [0.29, 0.717) is 12.2 Å². The minimum absolute atomic E-state index is 0.0299. The third-order valence-corrected chi connectivity index (χ3v) is 3.58. The van der Waals surface area contributed by atoms with Gasteiger partial charge in [-0.05, 0) is 38.3 Å². The number of aromatic nitrogens is 1. The maximum atomic E-state index is 12.3. The summed E-state index contributed by atoms with van der Waals surface area (Å²) < 4.78 is 5.50. The van der Waals surface area contributed by atoms with E-state index in [1.807, 2.05) is 27.0 Å². The summed E-state index contributed by atoms with van der Waals surface area (Å²) >= 11 is 0. The van der Waals surface area contributed by atoms with Crippen LogP contribution in [0.25, 0.3) is 0 Å². The molecule has 1 aliphatic rings. The first-order chi connectivity index (χ1) is 9.62. The van der Waals surface area contributed by atoms with Crippen LogP contribution in [0.2, 0.25) is 0 Å². The monoisotopic (exact) mass is 277 g/mol. The summed E-state index contributed by atoms with van der Waals surface area (Å²) in [7, 11) is 1.81. The van der Waals surface area contributed by atoms with E-state index >= 15 is 0 Å². The van der Waals surface area contributed by atoms with E-state index in [9.17, 15) is 4.79 Å². The molecule has 1 amide bonds. The Hall–Kier alpha value is -1.62. The predicted molar refractivity (Wildman–Crippen MR) is 79.1 cm³/mol. The minimum Gasteiger partial charge on any atom is -0.378 e. The number of nitrogens with one attached hydrogen (secondary N) is 2. The molecule has 1 saturated heterocycles. The van der Waals surface area contributed by atoms with Crippen molar-refractivity contribution in [3.8, 4) is 0 Å². The Bertz CT molecular complexity index is 454. The van der Waals surface area contributed by atoms with Crippen molar-refractivity contribution in [2.24, 2.45) is 0 Å². The van der Waals surface area contributed by atoms with Gasteiger partial charge in [-0.3, -0.25) is 4.79 Å². The van der Waals surface area contributed by atoms with Crippen LogP contribution in [0.3, 0.4) is 0 Å². The Morgan fingerprint density at radius 3 is 2.95 bits per heavy atom. The molecule has 2 heterocycles. The normalized spacial score (nSPS) is 22.4. The fourth-order valence-corrected chi connectivity index (χ4v) is 2.43. The molecule has 0 spiro atoms. The van der Waals surface area contributed by atoms with E-state index in [1.54, 1.807) is 6.07 Å². The molecule has 0 aliphatic carbocycles. The first-order valence-electron chi connectivity index (χ1n) is 7.23. The van der Waals surface area contributed by atoms with Crippen LogP contribution >= 0.6 is 0 Å². The lowest BCUT2D eigenvalue weighted by atomic mass is 10.0. The number of carbonyl (C=O) groups excluding carboxylic acids is 1. The smallest absolute Gasteiger partial charge is 0.251 e. The molecule has 0 bridgehead atoms. The second-order valence-corrected chi connectivity index (χ2v) is 5.21. The van der Waals surface area contributed by atoms with Crippen LogP contribution < -0.4 is 10.6 Å². The minimum atomic E-state index is -0.0299. The SMILES string of the molecule is CCc1cc(C(=O)NC2CCOC(C)C2)cc(NC)n1. The van der Waals surface area contributed by atoms with Gasteiger partial charge in [0.15, 0.2) is 0 Å². The lowest BCUT2D eigenvalue weighted by Gasteiger charge is -2.28. The molecular formula is C15H23N3O2. The summed E-state index contributed by atoms with van der Waals surface area (Å²) in [5.41, 5.74) is 1.59. The summed E-state index contributed by atoms with van der Waals surface area (Å²) in [6, 6.07) is 3.85. The molecule has 20 heavy (non-hydrogen) atoms. The zero-order chi connectivity index (χ0) is 14.5. The molecule has 1 fully saturated rings. The number of hydrogen-bond acceptors (Lipinski definition) is 4. The van der Waals surface area contributed by atoms with Gasteiger partial charge in [0.1, 0.15) is 5.82 Å². The Morgan fingerprint density at radius 1 is 1.50 bits per heavy atom. The maximum absolute atomic E-state index is 12.3. The molecule has 0 radical (unpaired) electrons. The van der Waals surface area contributed by atoms with Crippen molar-refractivity contribution in [1.82, 2.24) is 10.3 Å². The second-order valence-electron chi connectivity index (χ2n) is 5.21. The van der Waals surface area contributed by atoms with Crippen LogP contribution in [-0.2, 0) is 11.2 Å². The van der Waals surface area contributed by atoms with Crippen molar-refractivity contribution in [1.29, 1.82) is 0 Å². The molecule has 2 atom stereocenters. The fourth-order valence-electron chi connectivity index (χ4n) is 2.43. The highest BCUT2D eigenvalue weighted by Gasteiger charge is 2.21. The molecule has 5 nitrogen and oxygen atoms in total. The number of carbonyl (C=O) groups is 1. The molecule has 110 valence electrons. The number of anilines is 1. The highest BCUT2D eigenvalue weighted by molar-refractivity contribution is 5.95. The molecule has 5 heteroatoms. The highest BCUT2D eigenvalue weighted by atomic mass is 16.5. The maximum Gasteiger partial charge on any atom is 0.251 e. The van der Waals surface area contributed by atoms with E-state index in [-0.39, 0.29) is 18.1 Å². The van der Waals surface area contributed by atoms with Crippen LogP contribution in [0.5, 0.6) is 0 Å². The topological polar surface area (TPSA) is 63.2 Å². The van der Waals surface area contributed by atoms with Crippen LogP contribution in [0, 0.1) is 0 Å². The molecule has 2 N–H and O–H groups in total. The molecule has 1 aromatic rings. The van der Waals surface area contributed by atoms with Gasteiger partial charge in [-0.1, -0.05) is 6.92 Å². The molecule has 0 aromatic carbocycles. The highest BCUT2D eigenvalue weighted by Crippen LogP contribution is 2.15. The summed E-state index contributed by atoms with van der Waals surface area (Å²) in [4.78, 5) is 16.7. The third kappa shape index (κ3) is 3.70. The van der Waals surface area contributed by atoms with E-state index in [1.165, 1.54) is 0 Å². The molecule has 2 unspecified atom stereocenters. The quantitative estimate of drug-likeness (QED) is 0.883. The summed E-state index contributed by atoms with van der Waals surface area (Å²) in [6.45, 7) is 4.78. The van der Waals surface area contributed by atoms with Gasteiger partial charge in [-0.25, -0.2) is 4.98 Å². The van der Waals surface area contributed by atoms with E-state index in [0.717, 1.165) is 30.8 Å². The molecule has 2 rings (SSSR count). The molecule has 0 saturated carbocycles. The molecule has 1 aliphatic heterocycles. The lowest BCUT2D eigenvalue weighted by Crippen LogP contribution is -2.41. The fraction of sp³-hybridized carbons (Fsp3) is 0.600. The Labute approximate surface area is 120 Å². The van der Waals surface area contributed by atoms with Gasteiger partial charge in [0.2, 0.25) is 0 Å². The Kier molecular flexibility index (Phi) is 4.95. The van der Waals surface area contributed by atoms with Gasteiger partial charge < -0.3 is 15.4 Å². The average molecular weight is 277 g/mol. The second kappa shape index (κ2) is 6.70. The number of rotatable bonds is 4. The van der Waals surface area contributed by atoms with Gasteiger partial charge in [0, 0.05) is 31.0 Å². The van der Waals surface area contributed by atoms with Gasteiger partial charge in [0.25, 0.3) is 5.91 Å². The van der Waals surface area contributed by atoms with Gasteiger partial charge >= 0.3 is 0 Å². The van der Waals surface area contributed by atoms with Gasteiger partial charge in [-0.2, -0.15) is 0 Å². The van der Waals surface area contributed by atoms with Gasteiger partial charge in [0.05, 0.1) is 6.10 Å². The zero-order valence-corrected chi connectivity index (χ0v) is 12.4. The summed E-state index contributed by atoms with van der Waals surface area (Å²) in [5, 5.41) is 6.09. The van der Waals surface area contributed by atoms with Crippen molar-refractivity contribution < 1.29 is 9.53 Å². The van der Waals surface area contributed by atoms with Gasteiger partial charge in [-0.15, -0.1) is 0 Å². The van der Waals surface area contributed by atoms with E-state index < -0.39 is 0 Å². The number of hydrogen-bond donors (Lipinski definition) is 2. The Balaban J connectivity index is 2.08. The van der Waals surface area contributed by atoms with E-state index in [4.69, 9.17) is 4.74 Å². The number of nitrogens with zero attached hydrogens (tertiary/aromatic N) is 1. The lowest BCUT2D eigenvalue weighted by molar-refractivity contribution is 0.0136. The van der Waals surface area contributed by atoms with Crippen molar-refractivity contribution in [3.05, 3.63) is 23.4 Å². The van der Waals surface area contributed by atoms with Crippen LogP contribution in [0.15, 0.2) is 12.1 Å². The van der Waals surface area contributed by atoms with Crippen molar-refractivity contribution >= 4 is 11.7 Å². The summed E-state index contributed by atoms with van der Waals surface area (Å²) in [5.74, 6) is 0.701. The average Bonchev–Trinajstić information content (AvgIpc) is 2.46. The number of pyridine rings is 1. The molecular weight excluding hydrogens is 254 g/mol. The van der Waals surface area contributed by atoms with Crippen molar-refractivity contribution in [2.75, 3.05) is 19.0 Å². The number of ether oxygens (including phenoxy) is 1. The number of aryl methyl sites for hydroxylation is 1. The Morgan fingerprint density at radius 2 is 2.30 bits per heavy atom. The van der Waals surface area contributed by atoms with Crippen LogP contribution in [0.4, 0.5) is 5.82 Å². The standard InChI is InChI=1S/C15H23N3O2/c1-4-12-8-11(9-14(16-3)17-12)15(19)18-13-5-6-20-10(2)7-13/h8-10,13H,4-7H2,1-3H3,(H,16,17)(H,18,19). The third-order valence-electron chi connectivity index (χ3n) is 3.58. The zero-order valence-electron chi connectivity index (χ0n) is 12.4. The predicted octanol–water partition coefficient (Wildman–Crippen LogP) is 1.98. The van der Waals surface area contributed by atoms with Crippen LogP contribution in [-0.4, -0.2) is 36.7 Å². The first-order valence-corrected chi connectivity index (χ1v) is 7.23. The van der Waals surface area contributed by atoms with Crippen molar-refractivity contribution in [2.45, 2.75) is 45.3 Å².